The molecule has 4 heteroatoms. The largest absolute Gasteiger partial charge is 0.341 e. The molecule has 1 N–H and O–H groups in total. The van der Waals surface area contributed by atoms with Gasteiger partial charge in [-0.3, -0.25) is 0 Å². The van der Waals surface area contributed by atoms with Crippen LogP contribution in [0, 0.1) is 6.92 Å². The summed E-state index contributed by atoms with van der Waals surface area (Å²) in [6.07, 6.45) is 2.15. The molecule has 0 aliphatic carbocycles. The Morgan fingerprint density at radius 1 is 1.30 bits per heavy atom. The zero-order chi connectivity index (χ0) is 13.9. The number of fused-ring (bicyclic) bond motifs is 1. The van der Waals surface area contributed by atoms with Gasteiger partial charge >= 0.3 is 0 Å². The van der Waals surface area contributed by atoms with Gasteiger partial charge in [0.15, 0.2) is 0 Å². The first-order valence-corrected chi connectivity index (χ1v) is 7.83. The smallest absolute Gasteiger partial charge is 0.113 e. The predicted octanol–water partition coefficient (Wildman–Crippen LogP) is 3.56. The molecule has 0 atom stereocenters. The van der Waals surface area contributed by atoms with E-state index in [1.807, 2.05) is 6.92 Å². The molecule has 0 fully saturated rings. The molecule has 3 nitrogen and oxygen atoms in total. The lowest BCUT2D eigenvalue weighted by Gasteiger charge is -2.06. The highest BCUT2D eigenvalue weighted by Gasteiger charge is 2.05. The predicted molar refractivity (Wildman–Crippen MR) is 85.3 cm³/mol. The Bertz CT molecular complexity index is 711. The molecule has 3 aromatic rings. The van der Waals surface area contributed by atoms with Crippen molar-refractivity contribution in [3.8, 4) is 0 Å². The Morgan fingerprint density at radius 2 is 2.20 bits per heavy atom. The van der Waals surface area contributed by atoms with Crippen LogP contribution < -0.4 is 5.32 Å². The van der Waals surface area contributed by atoms with E-state index in [2.05, 4.69) is 57.6 Å². The van der Waals surface area contributed by atoms with Gasteiger partial charge in [-0.1, -0.05) is 19.1 Å². The van der Waals surface area contributed by atoms with Crippen LogP contribution in [0.5, 0.6) is 0 Å². The van der Waals surface area contributed by atoms with Crippen molar-refractivity contribution in [2.45, 2.75) is 26.9 Å². The summed E-state index contributed by atoms with van der Waals surface area (Å²) in [5.41, 5.74) is 3.72. The monoisotopic (exact) mass is 285 g/mol. The van der Waals surface area contributed by atoms with Crippen LogP contribution in [0.15, 0.2) is 35.8 Å². The van der Waals surface area contributed by atoms with Crippen LogP contribution in [0.25, 0.3) is 10.9 Å². The zero-order valence-corrected chi connectivity index (χ0v) is 12.7. The summed E-state index contributed by atoms with van der Waals surface area (Å²) in [4.78, 5) is 4.55. The van der Waals surface area contributed by atoms with E-state index in [1.54, 1.807) is 11.3 Å². The van der Waals surface area contributed by atoms with Crippen LogP contribution >= 0.6 is 11.3 Å². The summed E-state index contributed by atoms with van der Waals surface area (Å²) >= 11 is 1.73. The number of hydrogen-bond donors (Lipinski definition) is 1. The summed E-state index contributed by atoms with van der Waals surface area (Å²) in [6, 6.07) is 8.85. The molecule has 20 heavy (non-hydrogen) atoms. The first-order valence-electron chi connectivity index (χ1n) is 6.96. The molecule has 3 rings (SSSR count). The fourth-order valence-corrected chi connectivity index (χ4v) is 3.14. The van der Waals surface area contributed by atoms with Gasteiger partial charge < -0.3 is 9.88 Å². The molecule has 104 valence electrons. The molecule has 0 radical (unpaired) electrons. The highest BCUT2D eigenvalue weighted by molar-refractivity contribution is 7.09. The standard InChI is InChI=1S/C16H19N3S/c1-3-17-9-13-4-5-14-6-7-19(15(14)8-13)10-16-18-12(2)11-20-16/h4-8,11,17H,3,9-10H2,1-2H3. The summed E-state index contributed by atoms with van der Waals surface area (Å²) in [7, 11) is 0. The fraction of sp³-hybridized carbons (Fsp3) is 0.312. The van der Waals surface area contributed by atoms with Gasteiger partial charge in [-0.25, -0.2) is 4.98 Å². The number of aryl methyl sites for hydroxylation is 1. The van der Waals surface area contributed by atoms with Crippen molar-refractivity contribution in [1.29, 1.82) is 0 Å². The lowest BCUT2D eigenvalue weighted by Crippen LogP contribution is -2.11. The van der Waals surface area contributed by atoms with E-state index in [0.29, 0.717) is 0 Å². The van der Waals surface area contributed by atoms with Gasteiger partial charge in [-0.05, 0) is 36.6 Å². The van der Waals surface area contributed by atoms with Gasteiger partial charge in [0.25, 0.3) is 0 Å². The third-order valence-corrected chi connectivity index (χ3v) is 4.34. The molecule has 0 saturated heterocycles. The van der Waals surface area contributed by atoms with E-state index in [4.69, 9.17) is 0 Å². The molecule has 1 aromatic carbocycles. The second-order valence-corrected chi connectivity index (χ2v) is 5.94. The molecule has 0 bridgehead atoms. The van der Waals surface area contributed by atoms with Gasteiger partial charge in [0, 0.05) is 29.3 Å². The van der Waals surface area contributed by atoms with Crippen LogP contribution in [0.1, 0.15) is 23.2 Å². The molecule has 2 aromatic heterocycles. The van der Waals surface area contributed by atoms with Crippen molar-refractivity contribution in [2.75, 3.05) is 6.54 Å². The van der Waals surface area contributed by atoms with Crippen LogP contribution in [-0.2, 0) is 13.1 Å². The Morgan fingerprint density at radius 3 is 2.95 bits per heavy atom. The number of nitrogens with zero attached hydrogens (tertiary/aromatic N) is 2. The summed E-state index contributed by atoms with van der Waals surface area (Å²) < 4.78 is 2.28. The van der Waals surface area contributed by atoms with E-state index in [1.165, 1.54) is 16.5 Å². The van der Waals surface area contributed by atoms with E-state index < -0.39 is 0 Å². The number of rotatable bonds is 5. The van der Waals surface area contributed by atoms with E-state index in [9.17, 15) is 0 Å². The molecule has 0 amide bonds. The topological polar surface area (TPSA) is 29.9 Å². The van der Waals surface area contributed by atoms with Crippen molar-refractivity contribution in [1.82, 2.24) is 14.9 Å². The third-order valence-electron chi connectivity index (χ3n) is 3.39. The van der Waals surface area contributed by atoms with Crippen molar-refractivity contribution in [3.05, 3.63) is 52.1 Å². The molecule has 0 spiro atoms. The van der Waals surface area contributed by atoms with Gasteiger partial charge in [0.1, 0.15) is 5.01 Å². The van der Waals surface area contributed by atoms with Crippen molar-refractivity contribution >= 4 is 22.2 Å². The average molecular weight is 285 g/mol. The maximum atomic E-state index is 4.55. The minimum Gasteiger partial charge on any atom is -0.341 e. The van der Waals surface area contributed by atoms with Crippen LogP contribution in [0.3, 0.4) is 0 Å². The first-order chi connectivity index (χ1) is 9.76. The lowest BCUT2D eigenvalue weighted by molar-refractivity contribution is 0.726. The van der Waals surface area contributed by atoms with E-state index in [0.717, 1.165) is 30.3 Å². The van der Waals surface area contributed by atoms with Gasteiger partial charge in [-0.15, -0.1) is 11.3 Å². The number of benzene rings is 1. The number of thiazole rings is 1. The Kier molecular flexibility index (Phi) is 3.85. The Hall–Kier alpha value is -1.65. The molecule has 0 aliphatic heterocycles. The fourth-order valence-electron chi connectivity index (χ4n) is 2.37. The van der Waals surface area contributed by atoms with Crippen molar-refractivity contribution < 1.29 is 0 Å². The molecule has 2 heterocycles. The Balaban J connectivity index is 1.90. The highest BCUT2D eigenvalue weighted by atomic mass is 32.1. The molecule has 0 unspecified atom stereocenters. The second kappa shape index (κ2) is 5.77. The second-order valence-electron chi connectivity index (χ2n) is 5.00. The minimum absolute atomic E-state index is 0.854. The molecule has 0 saturated carbocycles. The SMILES string of the molecule is CCNCc1ccc2ccn(Cc3nc(C)cs3)c2c1. The van der Waals surface area contributed by atoms with Gasteiger partial charge in [-0.2, -0.15) is 0 Å². The first kappa shape index (κ1) is 13.3. The van der Waals surface area contributed by atoms with Gasteiger partial charge in [0.2, 0.25) is 0 Å². The molecular weight excluding hydrogens is 266 g/mol. The van der Waals surface area contributed by atoms with Crippen molar-refractivity contribution in [2.24, 2.45) is 0 Å². The summed E-state index contributed by atoms with van der Waals surface area (Å²) in [5, 5.41) is 7.94. The molecular formula is C16H19N3S. The average Bonchev–Trinajstić information content (AvgIpc) is 3.04. The quantitative estimate of drug-likeness (QED) is 0.776. The minimum atomic E-state index is 0.854. The maximum absolute atomic E-state index is 4.55. The summed E-state index contributed by atoms with van der Waals surface area (Å²) in [6.45, 7) is 6.95. The number of nitrogens with one attached hydrogen (secondary N) is 1. The normalized spacial score (nSPS) is 11.3. The van der Waals surface area contributed by atoms with E-state index in [-0.39, 0.29) is 0 Å². The van der Waals surface area contributed by atoms with Gasteiger partial charge in [0.05, 0.1) is 6.54 Å². The van der Waals surface area contributed by atoms with Crippen molar-refractivity contribution in [3.63, 3.8) is 0 Å². The Labute approximate surface area is 123 Å². The summed E-state index contributed by atoms with van der Waals surface area (Å²) in [5.74, 6) is 0. The molecule has 0 aliphatic rings. The van der Waals surface area contributed by atoms with Crippen LogP contribution in [0.4, 0.5) is 0 Å². The lowest BCUT2D eigenvalue weighted by atomic mass is 10.1. The zero-order valence-electron chi connectivity index (χ0n) is 11.9. The van der Waals surface area contributed by atoms with Crippen LogP contribution in [0.2, 0.25) is 0 Å². The maximum Gasteiger partial charge on any atom is 0.113 e. The van der Waals surface area contributed by atoms with Crippen LogP contribution in [-0.4, -0.2) is 16.1 Å². The number of aromatic nitrogens is 2. The number of hydrogen-bond acceptors (Lipinski definition) is 3. The van der Waals surface area contributed by atoms with E-state index >= 15 is 0 Å². The highest BCUT2D eigenvalue weighted by Crippen LogP contribution is 2.20. The third kappa shape index (κ3) is 2.76.